The van der Waals surface area contributed by atoms with Crippen molar-refractivity contribution in [3.63, 3.8) is 0 Å². The molecule has 0 aliphatic carbocycles. The zero-order valence-electron chi connectivity index (χ0n) is 7.20. The fraction of sp³-hybridized carbons (Fsp3) is 0.222. The average Bonchev–Trinajstić information content (AvgIpc) is 2.15. The number of rotatable bonds is 1. The first-order valence-corrected chi connectivity index (χ1v) is 5.96. The third kappa shape index (κ3) is 2.84. The predicted molar refractivity (Wildman–Crippen MR) is 61.5 cm³/mol. The Balaban J connectivity index is 3.51. The van der Waals surface area contributed by atoms with Gasteiger partial charge in [0.05, 0.1) is 11.1 Å². The van der Waals surface area contributed by atoms with Gasteiger partial charge in [0.15, 0.2) is 0 Å². The molecule has 1 aromatic rings. The highest BCUT2D eigenvalue weighted by Crippen LogP contribution is 2.34. The predicted octanol–water partition coefficient (Wildman–Crippen LogP) is 4.08. The monoisotopic (exact) mass is 389 g/mol. The Bertz CT molecular complexity index is 423. The van der Waals surface area contributed by atoms with Crippen molar-refractivity contribution < 1.29 is 13.2 Å². The van der Waals surface area contributed by atoms with Gasteiger partial charge in [0.2, 0.25) is 0 Å². The van der Waals surface area contributed by atoms with Crippen LogP contribution in [0, 0.1) is 14.9 Å². The molecule has 6 heteroatoms. The van der Waals surface area contributed by atoms with Crippen molar-refractivity contribution in [1.29, 1.82) is 5.26 Å². The molecular formula is C9H4BrF3IN. The molecule has 0 saturated carbocycles. The summed E-state index contributed by atoms with van der Waals surface area (Å²) in [7, 11) is 0. The minimum Gasteiger partial charge on any atom is -0.192 e. The van der Waals surface area contributed by atoms with Gasteiger partial charge in [-0.2, -0.15) is 18.4 Å². The van der Waals surface area contributed by atoms with Crippen LogP contribution in [0.25, 0.3) is 0 Å². The van der Waals surface area contributed by atoms with E-state index >= 15 is 0 Å². The third-order valence-electron chi connectivity index (χ3n) is 1.75. The van der Waals surface area contributed by atoms with Crippen LogP contribution in [0.5, 0.6) is 0 Å². The molecule has 15 heavy (non-hydrogen) atoms. The minimum absolute atomic E-state index is 0.232. The Morgan fingerprint density at radius 3 is 2.40 bits per heavy atom. The van der Waals surface area contributed by atoms with E-state index in [2.05, 4.69) is 15.9 Å². The molecule has 0 saturated heterocycles. The maximum atomic E-state index is 12.6. The lowest BCUT2D eigenvalue weighted by Gasteiger charge is -2.11. The van der Waals surface area contributed by atoms with Gasteiger partial charge in [-0.05, 0) is 40.3 Å². The number of alkyl halides is 4. The molecule has 0 spiro atoms. The first-order chi connectivity index (χ1) is 6.90. The molecule has 0 fully saturated rings. The van der Waals surface area contributed by atoms with Gasteiger partial charge in [-0.1, -0.05) is 15.9 Å². The Hall–Kier alpha value is -0.290. The Kier molecular flexibility index (Phi) is 4.00. The molecule has 80 valence electrons. The summed E-state index contributed by atoms with van der Waals surface area (Å²) in [6.07, 6.45) is -4.48. The molecule has 0 N–H and O–H groups in total. The van der Waals surface area contributed by atoms with Crippen molar-refractivity contribution in [2.45, 2.75) is 11.5 Å². The van der Waals surface area contributed by atoms with Crippen LogP contribution < -0.4 is 0 Å². The van der Waals surface area contributed by atoms with Crippen LogP contribution in [0.4, 0.5) is 13.2 Å². The molecule has 0 atom stereocenters. The van der Waals surface area contributed by atoms with Crippen LogP contribution in [0.2, 0.25) is 0 Å². The fourth-order valence-electron chi connectivity index (χ4n) is 1.12. The lowest BCUT2D eigenvalue weighted by molar-refractivity contribution is -0.137. The summed E-state index contributed by atoms with van der Waals surface area (Å²) < 4.78 is 38.2. The molecule has 0 heterocycles. The smallest absolute Gasteiger partial charge is 0.192 e. The highest BCUT2D eigenvalue weighted by Gasteiger charge is 2.34. The largest absolute Gasteiger partial charge is 0.417 e. The summed E-state index contributed by atoms with van der Waals surface area (Å²) >= 11 is 4.86. The number of nitrogens with zero attached hydrogens (tertiary/aromatic N) is 1. The number of nitriles is 1. The maximum absolute atomic E-state index is 12.6. The molecule has 0 aliphatic heterocycles. The van der Waals surface area contributed by atoms with E-state index in [0.29, 0.717) is 9.13 Å². The maximum Gasteiger partial charge on any atom is 0.417 e. The van der Waals surface area contributed by atoms with E-state index in [-0.39, 0.29) is 10.9 Å². The zero-order chi connectivity index (χ0) is 11.6. The number of benzene rings is 1. The molecule has 0 aromatic heterocycles. The summed E-state index contributed by atoms with van der Waals surface area (Å²) in [4.78, 5) is 0. The molecule has 0 unspecified atom stereocenters. The fourth-order valence-corrected chi connectivity index (χ4v) is 2.25. The SMILES string of the molecule is N#Cc1c(CBr)cc(I)cc1C(F)(F)F. The number of hydrogen-bond acceptors (Lipinski definition) is 1. The summed E-state index contributed by atoms with van der Waals surface area (Å²) in [5.74, 6) is 0. The van der Waals surface area contributed by atoms with Gasteiger partial charge in [-0.3, -0.25) is 0 Å². The van der Waals surface area contributed by atoms with E-state index in [9.17, 15) is 13.2 Å². The van der Waals surface area contributed by atoms with Crippen LogP contribution in [0.15, 0.2) is 12.1 Å². The second-order valence-corrected chi connectivity index (χ2v) is 4.54. The second kappa shape index (κ2) is 4.70. The summed E-state index contributed by atoms with van der Waals surface area (Å²) in [6, 6.07) is 4.13. The van der Waals surface area contributed by atoms with Crippen molar-refractivity contribution >= 4 is 38.5 Å². The molecule has 1 aromatic carbocycles. The van der Waals surface area contributed by atoms with E-state index in [1.54, 1.807) is 34.7 Å². The highest BCUT2D eigenvalue weighted by atomic mass is 127. The van der Waals surface area contributed by atoms with Crippen molar-refractivity contribution in [3.8, 4) is 6.07 Å². The van der Waals surface area contributed by atoms with E-state index in [1.165, 1.54) is 0 Å². The lowest BCUT2D eigenvalue weighted by atomic mass is 10.0. The van der Waals surface area contributed by atoms with Crippen LogP contribution in [-0.4, -0.2) is 0 Å². The normalized spacial score (nSPS) is 11.2. The van der Waals surface area contributed by atoms with Crippen LogP contribution in [0.1, 0.15) is 16.7 Å². The third-order valence-corrected chi connectivity index (χ3v) is 2.97. The molecule has 0 amide bonds. The van der Waals surface area contributed by atoms with E-state index in [0.717, 1.165) is 6.07 Å². The zero-order valence-corrected chi connectivity index (χ0v) is 10.9. The molecule has 1 nitrogen and oxygen atoms in total. The topological polar surface area (TPSA) is 23.8 Å². The van der Waals surface area contributed by atoms with E-state index in [1.807, 2.05) is 0 Å². The molecule has 0 aliphatic rings. The van der Waals surface area contributed by atoms with Gasteiger partial charge in [0.25, 0.3) is 0 Å². The van der Waals surface area contributed by atoms with Crippen molar-refractivity contribution in [2.24, 2.45) is 0 Å². The first kappa shape index (κ1) is 12.8. The summed E-state index contributed by atoms with van der Waals surface area (Å²) in [5.41, 5.74) is -0.817. The van der Waals surface area contributed by atoms with Gasteiger partial charge in [-0.25, -0.2) is 0 Å². The van der Waals surface area contributed by atoms with Crippen LogP contribution in [-0.2, 0) is 11.5 Å². The second-order valence-electron chi connectivity index (χ2n) is 2.73. The van der Waals surface area contributed by atoms with E-state index in [4.69, 9.17) is 5.26 Å². The van der Waals surface area contributed by atoms with E-state index < -0.39 is 11.7 Å². The number of halogens is 5. The van der Waals surface area contributed by atoms with Gasteiger partial charge in [0.1, 0.15) is 6.07 Å². The Labute approximate surface area is 107 Å². The Morgan fingerprint density at radius 1 is 1.40 bits per heavy atom. The van der Waals surface area contributed by atoms with Gasteiger partial charge in [-0.15, -0.1) is 0 Å². The highest BCUT2D eigenvalue weighted by molar-refractivity contribution is 14.1. The van der Waals surface area contributed by atoms with Gasteiger partial charge >= 0.3 is 6.18 Å². The quantitative estimate of drug-likeness (QED) is 0.524. The molecule has 1 rings (SSSR count). The van der Waals surface area contributed by atoms with Crippen molar-refractivity contribution in [1.82, 2.24) is 0 Å². The lowest BCUT2D eigenvalue weighted by Crippen LogP contribution is -2.10. The average molecular weight is 390 g/mol. The molecule has 0 bridgehead atoms. The summed E-state index contributed by atoms with van der Waals surface area (Å²) in [6.45, 7) is 0. The Morgan fingerprint density at radius 2 is 2.00 bits per heavy atom. The first-order valence-electron chi connectivity index (χ1n) is 3.76. The van der Waals surface area contributed by atoms with Gasteiger partial charge < -0.3 is 0 Å². The van der Waals surface area contributed by atoms with Crippen LogP contribution >= 0.6 is 38.5 Å². The summed E-state index contributed by atoms with van der Waals surface area (Å²) in [5, 5.41) is 8.94. The van der Waals surface area contributed by atoms with Crippen molar-refractivity contribution in [2.75, 3.05) is 0 Å². The van der Waals surface area contributed by atoms with Gasteiger partial charge in [0, 0.05) is 8.90 Å². The van der Waals surface area contributed by atoms with Crippen LogP contribution in [0.3, 0.4) is 0 Å². The standard InChI is InChI=1S/C9H4BrF3IN/c10-3-5-1-6(14)2-8(7(5)4-15)9(11,12)13/h1-2H,3H2. The van der Waals surface area contributed by atoms with Crippen molar-refractivity contribution in [3.05, 3.63) is 32.4 Å². The minimum atomic E-state index is -4.48. The molecular weight excluding hydrogens is 386 g/mol. The number of hydrogen-bond donors (Lipinski definition) is 0. The molecule has 0 radical (unpaired) electrons.